The molecule has 0 saturated carbocycles. The van der Waals surface area contributed by atoms with Crippen LogP contribution in [0.25, 0.3) is 11.1 Å². The summed E-state index contributed by atoms with van der Waals surface area (Å²) >= 11 is 0. The highest BCUT2D eigenvalue weighted by Crippen LogP contribution is 2.42. The topological polar surface area (TPSA) is 83.9 Å². The number of nitrogens with one attached hydrogen (secondary N) is 1. The fraction of sp³-hybridized carbons (Fsp3) is 0.500. The first kappa shape index (κ1) is 42.3. The van der Waals surface area contributed by atoms with E-state index in [-0.39, 0.29) is 30.6 Å². The predicted molar refractivity (Wildman–Crippen MR) is 223 cm³/mol. The molecule has 3 aromatic carbocycles. The minimum Gasteiger partial charge on any atom is -0.392 e. The fourth-order valence-corrected chi connectivity index (χ4v) is 7.58. The third kappa shape index (κ3) is 13.4. The summed E-state index contributed by atoms with van der Waals surface area (Å²) in [7, 11) is 0. The molecule has 2 heterocycles. The number of carbonyl (C=O) groups is 1. The van der Waals surface area contributed by atoms with Gasteiger partial charge in [-0.3, -0.25) is 9.78 Å². The Morgan fingerprint density at radius 2 is 1.38 bits per heavy atom. The quantitative estimate of drug-likeness (QED) is 0.0735. The van der Waals surface area contributed by atoms with Gasteiger partial charge in [-0.25, -0.2) is 0 Å². The summed E-state index contributed by atoms with van der Waals surface area (Å²) in [6.07, 6.45) is 18.2. The lowest BCUT2D eigenvalue weighted by molar-refractivity contribution is -0.276. The van der Waals surface area contributed by atoms with Crippen LogP contribution in [0.3, 0.4) is 0 Å². The number of benzene rings is 3. The summed E-state index contributed by atoms with van der Waals surface area (Å²) in [6.45, 7) is 10.4. The molecule has 0 unspecified atom stereocenters. The highest BCUT2D eigenvalue weighted by atomic mass is 16.7. The van der Waals surface area contributed by atoms with Gasteiger partial charge in [0.2, 0.25) is 0 Å². The van der Waals surface area contributed by atoms with Crippen LogP contribution < -0.4 is 5.32 Å². The maximum atomic E-state index is 12.6. The number of amides is 1. The normalized spacial score (nSPS) is 18.4. The molecule has 0 radical (unpaired) electrons. The predicted octanol–water partition coefficient (Wildman–Crippen LogP) is 11.0. The van der Waals surface area contributed by atoms with Crippen LogP contribution in [0.15, 0.2) is 97.3 Å². The van der Waals surface area contributed by atoms with Gasteiger partial charge in [0, 0.05) is 37.0 Å². The van der Waals surface area contributed by atoms with Gasteiger partial charge in [-0.05, 0) is 71.9 Å². The minimum atomic E-state index is -0.503. The van der Waals surface area contributed by atoms with Gasteiger partial charge in [0.25, 0.3) is 5.91 Å². The van der Waals surface area contributed by atoms with Gasteiger partial charge in [-0.1, -0.05) is 152 Å². The molecule has 0 aliphatic carbocycles. The highest BCUT2D eigenvalue weighted by molar-refractivity contribution is 5.93. The third-order valence-electron chi connectivity index (χ3n) is 11.0. The van der Waals surface area contributed by atoms with Crippen LogP contribution in [-0.4, -0.2) is 46.6 Å². The Balaban J connectivity index is 1.30. The molecule has 1 fully saturated rings. The lowest BCUT2D eigenvalue weighted by atomic mass is 9.89. The first-order valence-corrected chi connectivity index (χ1v) is 21.1. The molecule has 2 N–H and O–H groups in total. The summed E-state index contributed by atoms with van der Waals surface area (Å²) in [5, 5.41) is 12.7. The van der Waals surface area contributed by atoms with Gasteiger partial charge in [0.1, 0.15) is 0 Å². The van der Waals surface area contributed by atoms with Crippen molar-refractivity contribution < 1.29 is 19.4 Å². The number of aromatic nitrogens is 1. The summed E-state index contributed by atoms with van der Waals surface area (Å²) in [6, 6.07) is 28.5. The zero-order valence-corrected chi connectivity index (χ0v) is 33.6. The maximum absolute atomic E-state index is 12.6. The standard InChI is InChI=1S/C48H65N3O4/c1-4-6-8-10-12-14-30-51(31-15-13-11-9-7-5-2)35-45-37(3)46(41-23-21-38(36-52)22-24-41)55-48(54-45)42-27-25-40(26-28-42)43-19-16-18-39(32-43)33-50-47(53)44-20-17-29-49-34-44/h16-29,32,34,37,45-46,48,52H,4-15,30-31,33,35-36H2,1-3H3,(H,50,53)/t37-,45+,46+,48+/m0/s1. The Bertz CT molecular complexity index is 1650. The van der Waals surface area contributed by atoms with Crippen molar-refractivity contribution in [1.82, 2.24) is 15.2 Å². The van der Waals surface area contributed by atoms with E-state index in [2.05, 4.69) is 84.5 Å². The van der Waals surface area contributed by atoms with E-state index in [1.54, 1.807) is 24.5 Å². The van der Waals surface area contributed by atoms with E-state index in [0.717, 1.165) is 53.0 Å². The number of carbonyl (C=O) groups excluding carboxylic acids is 1. The van der Waals surface area contributed by atoms with Gasteiger partial charge in [-0.2, -0.15) is 0 Å². The fourth-order valence-electron chi connectivity index (χ4n) is 7.58. The Morgan fingerprint density at radius 1 is 0.727 bits per heavy atom. The molecule has 1 aromatic heterocycles. The van der Waals surface area contributed by atoms with Gasteiger partial charge >= 0.3 is 0 Å². The van der Waals surface area contributed by atoms with Crippen LogP contribution >= 0.6 is 0 Å². The molecule has 7 nitrogen and oxygen atoms in total. The van der Waals surface area contributed by atoms with Gasteiger partial charge in [0.15, 0.2) is 6.29 Å². The molecule has 4 atom stereocenters. The molecule has 0 bridgehead atoms. The highest BCUT2D eigenvalue weighted by Gasteiger charge is 2.39. The molecule has 0 spiro atoms. The van der Waals surface area contributed by atoms with Crippen LogP contribution in [0.5, 0.6) is 0 Å². The van der Waals surface area contributed by atoms with Crippen molar-refractivity contribution in [2.24, 2.45) is 5.92 Å². The minimum absolute atomic E-state index is 0.000290. The number of unbranched alkanes of at least 4 members (excludes halogenated alkanes) is 10. The van der Waals surface area contributed by atoms with Crippen LogP contribution in [0.4, 0.5) is 0 Å². The molecular formula is C48H65N3O4. The maximum Gasteiger partial charge on any atom is 0.253 e. The second kappa shape index (κ2) is 23.2. The van der Waals surface area contributed by atoms with Crippen molar-refractivity contribution in [1.29, 1.82) is 0 Å². The number of aliphatic hydroxyl groups excluding tert-OH is 1. The lowest BCUT2D eigenvalue weighted by Crippen LogP contribution is -2.45. The van der Waals surface area contributed by atoms with Crippen LogP contribution in [0.1, 0.15) is 143 Å². The number of nitrogens with zero attached hydrogens (tertiary/aromatic N) is 2. The third-order valence-corrected chi connectivity index (χ3v) is 11.0. The Hall–Kier alpha value is -3.88. The van der Waals surface area contributed by atoms with Crippen molar-refractivity contribution in [3.63, 3.8) is 0 Å². The summed E-state index contributed by atoms with van der Waals surface area (Å²) in [5.74, 6) is 0.00651. The molecule has 1 amide bonds. The summed E-state index contributed by atoms with van der Waals surface area (Å²) < 4.78 is 13.8. The smallest absolute Gasteiger partial charge is 0.253 e. The molecule has 7 heteroatoms. The van der Waals surface area contributed by atoms with Crippen LogP contribution in [0, 0.1) is 5.92 Å². The Labute approximate surface area is 330 Å². The van der Waals surface area contributed by atoms with Crippen molar-refractivity contribution in [2.75, 3.05) is 19.6 Å². The van der Waals surface area contributed by atoms with E-state index in [9.17, 15) is 9.90 Å². The number of pyridine rings is 1. The first-order valence-electron chi connectivity index (χ1n) is 21.1. The largest absolute Gasteiger partial charge is 0.392 e. The van der Waals surface area contributed by atoms with E-state index < -0.39 is 6.29 Å². The molecular weight excluding hydrogens is 683 g/mol. The number of rotatable bonds is 23. The number of hydrogen-bond donors (Lipinski definition) is 2. The Kier molecular flexibility index (Phi) is 17.9. The number of ether oxygens (including phenoxy) is 2. The molecule has 1 aliphatic heterocycles. The molecule has 55 heavy (non-hydrogen) atoms. The molecule has 4 aromatic rings. The van der Waals surface area contributed by atoms with Gasteiger partial charge in [0.05, 0.1) is 24.4 Å². The van der Waals surface area contributed by atoms with Crippen LogP contribution in [0.2, 0.25) is 0 Å². The average Bonchev–Trinajstić information content (AvgIpc) is 3.23. The first-order chi connectivity index (χ1) is 27.0. The monoisotopic (exact) mass is 747 g/mol. The summed E-state index contributed by atoms with van der Waals surface area (Å²) in [5.41, 5.74) is 6.75. The van der Waals surface area contributed by atoms with Crippen molar-refractivity contribution in [3.8, 4) is 11.1 Å². The van der Waals surface area contributed by atoms with Crippen molar-refractivity contribution in [3.05, 3.63) is 125 Å². The second-order valence-electron chi connectivity index (χ2n) is 15.4. The van der Waals surface area contributed by atoms with E-state index in [0.29, 0.717) is 12.1 Å². The Morgan fingerprint density at radius 3 is 2.02 bits per heavy atom. The van der Waals surface area contributed by atoms with Gasteiger partial charge in [-0.15, -0.1) is 0 Å². The molecule has 1 saturated heterocycles. The van der Waals surface area contributed by atoms with Gasteiger partial charge < -0.3 is 24.8 Å². The van der Waals surface area contributed by atoms with E-state index >= 15 is 0 Å². The average molecular weight is 748 g/mol. The molecule has 5 rings (SSSR count). The number of hydrogen-bond acceptors (Lipinski definition) is 6. The lowest BCUT2D eigenvalue weighted by Gasteiger charge is -2.43. The SMILES string of the molecule is CCCCCCCCN(CCCCCCCC)C[C@H]1O[C@@H](c2ccc(-c3cccc(CNC(=O)c4cccnc4)c3)cc2)O[C@@H](c2ccc(CO)cc2)[C@H]1C. The van der Waals surface area contributed by atoms with E-state index in [4.69, 9.17) is 9.47 Å². The zero-order chi connectivity index (χ0) is 38.7. The van der Waals surface area contributed by atoms with Crippen molar-refractivity contribution >= 4 is 5.91 Å². The van der Waals surface area contributed by atoms with E-state index in [1.165, 1.54) is 77.0 Å². The molecule has 296 valence electrons. The second-order valence-corrected chi connectivity index (χ2v) is 15.4. The van der Waals surface area contributed by atoms with Crippen molar-refractivity contribution in [2.45, 2.75) is 129 Å². The van der Waals surface area contributed by atoms with E-state index in [1.807, 2.05) is 24.3 Å². The zero-order valence-electron chi connectivity index (χ0n) is 33.6. The number of aliphatic hydroxyl groups is 1. The van der Waals surface area contributed by atoms with Crippen LogP contribution in [-0.2, 0) is 22.6 Å². The summed E-state index contributed by atoms with van der Waals surface area (Å²) in [4.78, 5) is 19.3. The molecule has 1 aliphatic rings.